The first-order valence-electron chi connectivity index (χ1n) is 6.38. The van der Waals surface area contributed by atoms with Crippen molar-refractivity contribution in [2.45, 2.75) is 23.8 Å². The first-order chi connectivity index (χ1) is 9.81. The lowest BCUT2D eigenvalue weighted by molar-refractivity contribution is 0.0268. The van der Waals surface area contributed by atoms with E-state index in [9.17, 15) is 17.6 Å². The number of piperidine rings is 1. The minimum Gasteiger partial charge on any atom is -0.380 e. The van der Waals surface area contributed by atoms with Crippen LogP contribution >= 0.6 is 10.7 Å². The monoisotopic (exact) mass is 335 g/mol. The van der Waals surface area contributed by atoms with Gasteiger partial charge in [0, 0.05) is 36.4 Å². The normalized spacial score (nSPS) is 19.6. The summed E-state index contributed by atoms with van der Waals surface area (Å²) in [5.41, 5.74) is -0.0361. The molecule has 1 aliphatic heterocycles. The Labute approximate surface area is 127 Å². The smallest absolute Gasteiger partial charge is 0.261 e. The highest BCUT2D eigenvalue weighted by Gasteiger charge is 2.25. The van der Waals surface area contributed by atoms with Crippen molar-refractivity contribution >= 4 is 25.6 Å². The lowest BCUT2D eigenvalue weighted by atomic mass is 10.1. The topological polar surface area (TPSA) is 63.7 Å². The summed E-state index contributed by atoms with van der Waals surface area (Å²) in [6.07, 6.45) is 1.57. The van der Waals surface area contributed by atoms with E-state index in [1.807, 2.05) is 0 Å². The predicted molar refractivity (Wildman–Crippen MR) is 75.4 cm³/mol. The molecule has 2 rings (SSSR count). The van der Waals surface area contributed by atoms with Crippen molar-refractivity contribution in [3.8, 4) is 0 Å². The third-order valence-corrected chi connectivity index (χ3v) is 4.73. The van der Waals surface area contributed by atoms with Crippen molar-refractivity contribution in [1.82, 2.24) is 4.90 Å². The summed E-state index contributed by atoms with van der Waals surface area (Å²) in [6, 6.07) is 2.88. The third kappa shape index (κ3) is 3.93. The first kappa shape index (κ1) is 16.2. The first-order valence-corrected chi connectivity index (χ1v) is 8.69. The largest absolute Gasteiger partial charge is 0.380 e. The van der Waals surface area contributed by atoms with Crippen molar-refractivity contribution in [2.24, 2.45) is 0 Å². The second-order valence-corrected chi connectivity index (χ2v) is 7.43. The van der Waals surface area contributed by atoms with Gasteiger partial charge < -0.3 is 9.64 Å². The molecule has 1 aliphatic rings. The maximum absolute atomic E-state index is 13.5. The van der Waals surface area contributed by atoms with Crippen LogP contribution in [0.2, 0.25) is 0 Å². The Balaban J connectivity index is 2.29. The van der Waals surface area contributed by atoms with E-state index in [1.165, 1.54) is 4.90 Å². The zero-order chi connectivity index (χ0) is 15.6. The molecule has 0 bridgehead atoms. The molecule has 116 valence electrons. The van der Waals surface area contributed by atoms with E-state index in [-0.39, 0.29) is 11.7 Å². The van der Waals surface area contributed by atoms with Crippen molar-refractivity contribution in [3.05, 3.63) is 29.6 Å². The van der Waals surface area contributed by atoms with Crippen LogP contribution in [0.15, 0.2) is 23.1 Å². The van der Waals surface area contributed by atoms with Crippen LogP contribution in [0.5, 0.6) is 0 Å². The Morgan fingerprint density at radius 1 is 1.43 bits per heavy atom. The number of hydrogen-bond acceptors (Lipinski definition) is 4. The maximum atomic E-state index is 13.5. The molecular formula is C13H15ClFNO4S. The van der Waals surface area contributed by atoms with Crippen molar-refractivity contribution in [3.63, 3.8) is 0 Å². The van der Waals surface area contributed by atoms with Crippen LogP contribution in [0.1, 0.15) is 23.2 Å². The molecule has 0 aliphatic carbocycles. The summed E-state index contributed by atoms with van der Waals surface area (Å²) in [6.45, 7) is 0.924. The molecule has 0 aromatic heterocycles. The van der Waals surface area contributed by atoms with Gasteiger partial charge in [0.05, 0.1) is 11.0 Å². The number of nitrogens with zero attached hydrogens (tertiary/aromatic N) is 1. The van der Waals surface area contributed by atoms with E-state index in [0.717, 1.165) is 31.0 Å². The maximum Gasteiger partial charge on any atom is 0.261 e. The molecule has 1 heterocycles. The van der Waals surface area contributed by atoms with E-state index in [4.69, 9.17) is 15.4 Å². The summed E-state index contributed by atoms with van der Waals surface area (Å²) in [7, 11) is 2.68. The van der Waals surface area contributed by atoms with Crippen molar-refractivity contribution < 1.29 is 22.3 Å². The van der Waals surface area contributed by atoms with Gasteiger partial charge in [0.1, 0.15) is 5.82 Å². The lowest BCUT2D eigenvalue weighted by Crippen LogP contribution is -2.42. The molecular weight excluding hydrogens is 321 g/mol. The summed E-state index contributed by atoms with van der Waals surface area (Å²) in [5.74, 6) is -1.25. The highest BCUT2D eigenvalue weighted by atomic mass is 35.7. The summed E-state index contributed by atoms with van der Waals surface area (Å²) < 4.78 is 41.3. The Bertz CT molecular complexity index is 650. The van der Waals surface area contributed by atoms with Crippen LogP contribution in [0.3, 0.4) is 0 Å². The molecule has 1 atom stereocenters. The summed E-state index contributed by atoms with van der Waals surface area (Å²) in [4.78, 5) is 13.5. The van der Waals surface area contributed by atoms with Crippen LogP contribution in [0.4, 0.5) is 4.39 Å². The number of amides is 1. The number of carbonyl (C=O) groups is 1. The van der Waals surface area contributed by atoms with Gasteiger partial charge in [-0.2, -0.15) is 0 Å². The van der Waals surface area contributed by atoms with Gasteiger partial charge in [0.2, 0.25) is 0 Å². The number of carbonyl (C=O) groups excluding carboxylic acids is 1. The number of likely N-dealkylation sites (tertiary alicyclic amines) is 1. The van der Waals surface area contributed by atoms with Crippen molar-refractivity contribution in [2.75, 3.05) is 20.2 Å². The fourth-order valence-corrected chi connectivity index (χ4v) is 3.11. The molecule has 1 saturated heterocycles. The van der Waals surface area contributed by atoms with Crippen LogP contribution in [0.25, 0.3) is 0 Å². The SMILES string of the molecule is COC1CCCN(C(=O)c2cc(F)cc(S(=O)(=O)Cl)c2)C1. The molecule has 8 heteroatoms. The predicted octanol–water partition coefficient (Wildman–Crippen LogP) is 2.00. The minimum absolute atomic E-state index is 0.0361. The Hall–Kier alpha value is -1.18. The van der Waals surface area contributed by atoms with E-state index in [2.05, 4.69) is 0 Å². The molecule has 1 unspecified atom stereocenters. The summed E-state index contributed by atoms with van der Waals surface area (Å²) >= 11 is 0. The van der Waals surface area contributed by atoms with Gasteiger partial charge in [-0.05, 0) is 31.0 Å². The van der Waals surface area contributed by atoms with E-state index in [1.54, 1.807) is 7.11 Å². The zero-order valence-electron chi connectivity index (χ0n) is 11.4. The molecule has 1 aromatic rings. The van der Waals surface area contributed by atoms with Gasteiger partial charge in [-0.1, -0.05) is 0 Å². The molecule has 1 fully saturated rings. The van der Waals surface area contributed by atoms with Gasteiger partial charge in [-0.15, -0.1) is 0 Å². The molecule has 0 saturated carbocycles. The fourth-order valence-electron chi connectivity index (χ4n) is 2.32. The molecule has 5 nitrogen and oxygen atoms in total. The Kier molecular flexibility index (Phi) is 4.85. The quantitative estimate of drug-likeness (QED) is 0.793. The molecule has 21 heavy (non-hydrogen) atoms. The zero-order valence-corrected chi connectivity index (χ0v) is 13.0. The highest BCUT2D eigenvalue weighted by molar-refractivity contribution is 8.13. The lowest BCUT2D eigenvalue weighted by Gasteiger charge is -2.32. The molecule has 0 radical (unpaired) electrons. The van der Waals surface area contributed by atoms with Crippen LogP contribution in [-0.2, 0) is 13.8 Å². The highest BCUT2D eigenvalue weighted by Crippen LogP contribution is 2.21. The Morgan fingerprint density at radius 3 is 2.76 bits per heavy atom. The average Bonchev–Trinajstić information content (AvgIpc) is 2.45. The van der Waals surface area contributed by atoms with Gasteiger partial charge in [-0.3, -0.25) is 4.79 Å². The molecule has 1 aromatic carbocycles. The van der Waals surface area contributed by atoms with E-state index >= 15 is 0 Å². The molecule has 1 amide bonds. The number of hydrogen-bond donors (Lipinski definition) is 0. The third-order valence-electron chi connectivity index (χ3n) is 3.40. The van der Waals surface area contributed by atoms with Gasteiger partial charge in [-0.25, -0.2) is 12.8 Å². The fraction of sp³-hybridized carbons (Fsp3) is 0.462. The molecule has 0 spiro atoms. The second-order valence-electron chi connectivity index (χ2n) is 4.86. The number of benzene rings is 1. The van der Waals surface area contributed by atoms with Crippen LogP contribution < -0.4 is 0 Å². The number of rotatable bonds is 3. The minimum atomic E-state index is -4.09. The van der Waals surface area contributed by atoms with Crippen molar-refractivity contribution in [1.29, 1.82) is 0 Å². The number of ether oxygens (including phenoxy) is 1. The van der Waals surface area contributed by atoms with Gasteiger partial charge >= 0.3 is 0 Å². The second kappa shape index (κ2) is 6.29. The van der Waals surface area contributed by atoms with E-state index in [0.29, 0.717) is 13.1 Å². The van der Waals surface area contributed by atoms with Crippen LogP contribution in [-0.4, -0.2) is 45.5 Å². The molecule has 0 N–H and O–H groups in total. The average molecular weight is 336 g/mol. The standard InChI is InChI=1S/C13H15ClFNO4S/c1-20-11-3-2-4-16(8-11)13(17)9-5-10(15)7-12(6-9)21(14,18)19/h5-7,11H,2-4,8H2,1H3. The Morgan fingerprint density at radius 2 is 2.14 bits per heavy atom. The summed E-state index contributed by atoms with van der Waals surface area (Å²) in [5, 5.41) is 0. The number of halogens is 2. The van der Waals surface area contributed by atoms with E-state index < -0.39 is 25.7 Å². The van der Waals surface area contributed by atoms with Gasteiger partial charge in [0.15, 0.2) is 0 Å². The van der Waals surface area contributed by atoms with Crippen LogP contribution in [0, 0.1) is 5.82 Å². The van der Waals surface area contributed by atoms with Gasteiger partial charge in [0.25, 0.3) is 15.0 Å². The number of methoxy groups -OCH3 is 1.